The average Bonchev–Trinajstić information content (AvgIpc) is 2.53. The van der Waals surface area contributed by atoms with Crippen LogP contribution in [-0.2, 0) is 6.42 Å². The van der Waals surface area contributed by atoms with Crippen LogP contribution in [0.1, 0.15) is 43.2 Å². The second-order valence-electron chi connectivity index (χ2n) is 6.99. The van der Waals surface area contributed by atoms with Crippen molar-refractivity contribution in [2.24, 2.45) is 0 Å². The summed E-state index contributed by atoms with van der Waals surface area (Å²) in [6.07, 6.45) is 4.04. The Kier molecular flexibility index (Phi) is 4.07. The van der Waals surface area contributed by atoms with Crippen LogP contribution >= 0.6 is 0 Å². The van der Waals surface area contributed by atoms with E-state index in [0.717, 1.165) is 25.1 Å². The summed E-state index contributed by atoms with van der Waals surface area (Å²) in [6.45, 7) is 6.87. The molecule has 0 bridgehead atoms. The van der Waals surface area contributed by atoms with E-state index in [1.807, 2.05) is 26.8 Å². The molecule has 0 atom stereocenters. The number of rotatable bonds is 2. The van der Waals surface area contributed by atoms with Gasteiger partial charge in [0.15, 0.2) is 0 Å². The molecule has 0 saturated heterocycles. The van der Waals surface area contributed by atoms with Crippen LogP contribution in [0.3, 0.4) is 0 Å². The molecule has 1 N–H and O–H groups in total. The van der Waals surface area contributed by atoms with E-state index in [1.165, 1.54) is 11.3 Å². The molecule has 3 rings (SSSR count). The summed E-state index contributed by atoms with van der Waals surface area (Å²) in [7, 11) is 0. The van der Waals surface area contributed by atoms with E-state index < -0.39 is 0 Å². The maximum absolute atomic E-state index is 12.2. The van der Waals surface area contributed by atoms with Crippen molar-refractivity contribution >= 4 is 17.3 Å². The van der Waals surface area contributed by atoms with Gasteiger partial charge in [-0.15, -0.1) is 0 Å². The molecule has 2 heterocycles. The standard InChI is InChI=1S/C19H23N3O/c1-19(2,3)21-18(23)16-11-10-15(13-20-16)22-12-6-8-14-7-4-5-9-17(14)22/h4-5,7,9-11,13H,6,8,12H2,1-3H3,(H,21,23). The van der Waals surface area contributed by atoms with E-state index in [2.05, 4.69) is 39.5 Å². The summed E-state index contributed by atoms with van der Waals surface area (Å²) in [5, 5.41) is 2.94. The smallest absolute Gasteiger partial charge is 0.270 e. The average molecular weight is 309 g/mol. The van der Waals surface area contributed by atoms with Crippen LogP contribution in [0.5, 0.6) is 0 Å². The Hall–Kier alpha value is -2.36. The highest BCUT2D eigenvalue weighted by Gasteiger charge is 2.19. The molecule has 23 heavy (non-hydrogen) atoms. The second-order valence-corrected chi connectivity index (χ2v) is 6.99. The summed E-state index contributed by atoms with van der Waals surface area (Å²) in [5.41, 5.74) is 3.84. The normalized spacial score (nSPS) is 14.3. The first kappa shape index (κ1) is 15.5. The summed E-state index contributed by atoms with van der Waals surface area (Å²) in [5.74, 6) is -0.136. The number of fused-ring (bicyclic) bond motifs is 1. The number of amides is 1. The van der Waals surface area contributed by atoms with Gasteiger partial charge in [-0.25, -0.2) is 4.98 Å². The van der Waals surface area contributed by atoms with Crippen molar-refractivity contribution in [2.45, 2.75) is 39.2 Å². The fourth-order valence-electron chi connectivity index (χ4n) is 2.89. The number of nitrogens with one attached hydrogen (secondary N) is 1. The Morgan fingerprint density at radius 3 is 2.65 bits per heavy atom. The van der Waals surface area contributed by atoms with Crippen molar-refractivity contribution in [3.05, 3.63) is 53.9 Å². The molecule has 1 amide bonds. The lowest BCUT2D eigenvalue weighted by Gasteiger charge is -2.31. The third-order valence-electron chi connectivity index (χ3n) is 3.89. The number of anilines is 2. The van der Waals surface area contributed by atoms with Gasteiger partial charge in [-0.3, -0.25) is 4.79 Å². The van der Waals surface area contributed by atoms with Crippen molar-refractivity contribution in [2.75, 3.05) is 11.4 Å². The number of aromatic nitrogens is 1. The third kappa shape index (κ3) is 3.52. The van der Waals surface area contributed by atoms with Gasteiger partial charge in [-0.1, -0.05) is 18.2 Å². The van der Waals surface area contributed by atoms with Crippen LogP contribution in [0.4, 0.5) is 11.4 Å². The quantitative estimate of drug-likeness (QED) is 0.920. The van der Waals surface area contributed by atoms with Crippen LogP contribution in [0.15, 0.2) is 42.6 Å². The topological polar surface area (TPSA) is 45.2 Å². The molecule has 1 aliphatic rings. The van der Waals surface area contributed by atoms with E-state index in [0.29, 0.717) is 5.69 Å². The van der Waals surface area contributed by atoms with Crippen LogP contribution < -0.4 is 10.2 Å². The predicted molar refractivity (Wildman–Crippen MR) is 93.2 cm³/mol. The summed E-state index contributed by atoms with van der Waals surface area (Å²) in [6, 6.07) is 12.3. The Morgan fingerprint density at radius 1 is 1.17 bits per heavy atom. The number of carbonyl (C=O) groups is 1. The molecule has 0 saturated carbocycles. The SMILES string of the molecule is CC(C)(C)NC(=O)c1ccc(N2CCCc3ccccc32)cn1. The monoisotopic (exact) mass is 309 g/mol. The van der Waals surface area contributed by atoms with E-state index in [1.54, 1.807) is 12.3 Å². The number of nitrogens with zero attached hydrogens (tertiary/aromatic N) is 2. The number of aryl methyl sites for hydroxylation is 1. The molecule has 4 nitrogen and oxygen atoms in total. The minimum absolute atomic E-state index is 0.136. The first-order valence-corrected chi connectivity index (χ1v) is 8.08. The number of hydrogen-bond donors (Lipinski definition) is 1. The molecule has 0 aliphatic carbocycles. The summed E-state index contributed by atoms with van der Waals surface area (Å²) >= 11 is 0. The zero-order chi connectivity index (χ0) is 16.4. The van der Waals surface area contributed by atoms with Gasteiger partial charge in [0.25, 0.3) is 5.91 Å². The van der Waals surface area contributed by atoms with Gasteiger partial charge in [0.05, 0.1) is 11.9 Å². The first-order chi connectivity index (χ1) is 10.9. The van der Waals surface area contributed by atoms with Gasteiger partial charge >= 0.3 is 0 Å². The van der Waals surface area contributed by atoms with E-state index >= 15 is 0 Å². The first-order valence-electron chi connectivity index (χ1n) is 8.08. The zero-order valence-corrected chi connectivity index (χ0v) is 14.0. The number of para-hydroxylation sites is 1. The van der Waals surface area contributed by atoms with Crippen LogP contribution in [0.25, 0.3) is 0 Å². The van der Waals surface area contributed by atoms with Gasteiger partial charge in [0.2, 0.25) is 0 Å². The number of hydrogen-bond acceptors (Lipinski definition) is 3. The molecular formula is C19H23N3O. The largest absolute Gasteiger partial charge is 0.346 e. The van der Waals surface area contributed by atoms with Gasteiger partial charge in [-0.2, -0.15) is 0 Å². The molecular weight excluding hydrogens is 286 g/mol. The number of carbonyl (C=O) groups excluding carboxylic acids is 1. The molecule has 2 aromatic rings. The third-order valence-corrected chi connectivity index (χ3v) is 3.89. The maximum Gasteiger partial charge on any atom is 0.270 e. The Labute approximate surface area is 137 Å². The van der Waals surface area contributed by atoms with Crippen LogP contribution in [0, 0.1) is 0 Å². The Balaban J connectivity index is 1.82. The van der Waals surface area contributed by atoms with Gasteiger partial charge in [0, 0.05) is 17.8 Å². The lowest BCUT2D eigenvalue weighted by Crippen LogP contribution is -2.40. The van der Waals surface area contributed by atoms with Crippen LogP contribution in [0.2, 0.25) is 0 Å². The van der Waals surface area contributed by atoms with E-state index in [-0.39, 0.29) is 11.4 Å². The minimum Gasteiger partial charge on any atom is -0.346 e. The minimum atomic E-state index is -0.261. The predicted octanol–water partition coefficient (Wildman–Crippen LogP) is 3.69. The van der Waals surface area contributed by atoms with Crippen molar-refractivity contribution in [3.63, 3.8) is 0 Å². The Morgan fingerprint density at radius 2 is 1.96 bits per heavy atom. The Bertz CT molecular complexity index is 701. The maximum atomic E-state index is 12.2. The van der Waals surface area contributed by atoms with Crippen molar-refractivity contribution < 1.29 is 4.79 Å². The van der Waals surface area contributed by atoms with E-state index in [4.69, 9.17) is 0 Å². The fourth-order valence-corrected chi connectivity index (χ4v) is 2.89. The lowest BCUT2D eigenvalue weighted by molar-refractivity contribution is 0.0914. The highest BCUT2D eigenvalue weighted by Crippen LogP contribution is 2.32. The molecule has 1 aliphatic heterocycles. The summed E-state index contributed by atoms with van der Waals surface area (Å²) < 4.78 is 0. The second kappa shape index (κ2) is 6.03. The van der Waals surface area contributed by atoms with Gasteiger partial charge in [-0.05, 0) is 57.4 Å². The number of pyridine rings is 1. The fraction of sp³-hybridized carbons (Fsp3) is 0.368. The van der Waals surface area contributed by atoms with Crippen LogP contribution in [-0.4, -0.2) is 23.0 Å². The molecule has 1 aromatic carbocycles. The van der Waals surface area contributed by atoms with Gasteiger partial charge < -0.3 is 10.2 Å². The zero-order valence-electron chi connectivity index (χ0n) is 14.0. The highest BCUT2D eigenvalue weighted by molar-refractivity contribution is 5.93. The van der Waals surface area contributed by atoms with Crippen molar-refractivity contribution in [1.29, 1.82) is 0 Å². The molecule has 0 fully saturated rings. The molecule has 120 valence electrons. The van der Waals surface area contributed by atoms with E-state index in [9.17, 15) is 4.79 Å². The number of benzene rings is 1. The van der Waals surface area contributed by atoms with Crippen molar-refractivity contribution in [3.8, 4) is 0 Å². The molecule has 1 aromatic heterocycles. The van der Waals surface area contributed by atoms with Gasteiger partial charge in [0.1, 0.15) is 5.69 Å². The molecule has 4 heteroatoms. The van der Waals surface area contributed by atoms with Crippen molar-refractivity contribution in [1.82, 2.24) is 10.3 Å². The molecule has 0 unspecified atom stereocenters. The summed E-state index contributed by atoms with van der Waals surface area (Å²) in [4.78, 5) is 18.8. The molecule has 0 radical (unpaired) electrons. The lowest BCUT2D eigenvalue weighted by atomic mass is 10.0. The molecule has 0 spiro atoms. The highest BCUT2D eigenvalue weighted by atomic mass is 16.2.